The first-order valence-corrected chi connectivity index (χ1v) is 12.3. The molecule has 0 bridgehead atoms. The van der Waals surface area contributed by atoms with Crippen LogP contribution in [0.5, 0.6) is 0 Å². The van der Waals surface area contributed by atoms with Gasteiger partial charge in [-0.05, 0) is 38.5 Å². The zero-order chi connectivity index (χ0) is 21.0. The largest absolute Gasteiger partial charge is 0.464 e. The fraction of sp³-hybridized carbons (Fsp3) is 0.840. The van der Waals surface area contributed by atoms with Crippen LogP contribution in [0.3, 0.4) is 0 Å². The minimum atomic E-state index is -0.411. The number of hydrogen-bond acceptors (Lipinski definition) is 3. The summed E-state index contributed by atoms with van der Waals surface area (Å²) in [4.78, 5) is 22.8. The fourth-order valence-corrected chi connectivity index (χ4v) is 3.77. The lowest BCUT2D eigenvalue weighted by atomic mass is 10.1. The highest BCUT2D eigenvalue weighted by molar-refractivity contribution is 5.87. The zero-order valence-corrected chi connectivity index (χ0v) is 18.9. The highest BCUT2D eigenvalue weighted by atomic mass is 16.5. The molecule has 4 heteroatoms. The maximum absolute atomic E-state index is 11.7. The number of esters is 1. The Hall–Kier alpha value is -1.32. The average molecular weight is 408 g/mol. The Morgan fingerprint density at radius 3 is 1.90 bits per heavy atom. The number of nitrogens with one attached hydrogen (secondary N) is 1. The highest BCUT2D eigenvalue weighted by Crippen LogP contribution is 2.12. The van der Waals surface area contributed by atoms with E-state index in [2.05, 4.69) is 24.4 Å². The third-order valence-corrected chi connectivity index (χ3v) is 5.68. The predicted molar refractivity (Wildman–Crippen MR) is 121 cm³/mol. The van der Waals surface area contributed by atoms with Crippen molar-refractivity contribution in [1.29, 1.82) is 0 Å². The Balaban J connectivity index is 1.75. The second-order valence-electron chi connectivity index (χ2n) is 8.47. The summed E-state index contributed by atoms with van der Waals surface area (Å²) >= 11 is 0. The van der Waals surface area contributed by atoms with E-state index in [1.54, 1.807) is 0 Å². The van der Waals surface area contributed by atoms with Gasteiger partial charge in [0.2, 0.25) is 5.91 Å². The quantitative estimate of drug-likeness (QED) is 0.149. The molecule has 1 fully saturated rings. The van der Waals surface area contributed by atoms with Gasteiger partial charge >= 0.3 is 5.97 Å². The molecule has 0 spiro atoms. The lowest BCUT2D eigenvalue weighted by molar-refractivity contribution is -0.146. The molecule has 1 rings (SSSR count). The molecule has 1 atom stereocenters. The molecule has 0 aromatic carbocycles. The van der Waals surface area contributed by atoms with Crippen LogP contribution in [0.15, 0.2) is 12.2 Å². The second-order valence-corrected chi connectivity index (χ2v) is 8.47. The van der Waals surface area contributed by atoms with Crippen molar-refractivity contribution in [2.75, 3.05) is 6.61 Å². The summed E-state index contributed by atoms with van der Waals surface area (Å²) in [5.74, 6) is -0.315. The molecule has 0 radical (unpaired) electrons. The van der Waals surface area contributed by atoms with E-state index < -0.39 is 6.04 Å². The van der Waals surface area contributed by atoms with E-state index >= 15 is 0 Å². The van der Waals surface area contributed by atoms with E-state index in [9.17, 15) is 9.59 Å². The molecule has 0 unspecified atom stereocenters. The fourth-order valence-electron chi connectivity index (χ4n) is 3.77. The van der Waals surface area contributed by atoms with E-state index in [0.717, 1.165) is 12.8 Å². The first-order chi connectivity index (χ1) is 14.2. The van der Waals surface area contributed by atoms with Crippen molar-refractivity contribution in [2.24, 2.45) is 0 Å². The number of carbonyl (C=O) groups excluding carboxylic acids is 2. The molecule has 4 nitrogen and oxygen atoms in total. The summed E-state index contributed by atoms with van der Waals surface area (Å²) in [5.41, 5.74) is 0. The number of allylic oxidation sites excluding steroid dienone is 2. The molecule has 0 saturated carbocycles. The molecule has 0 aromatic rings. The van der Waals surface area contributed by atoms with E-state index in [0.29, 0.717) is 19.4 Å². The molecule has 1 aliphatic rings. The van der Waals surface area contributed by atoms with Crippen molar-refractivity contribution in [3.63, 3.8) is 0 Å². The number of amides is 1. The van der Waals surface area contributed by atoms with Gasteiger partial charge in [-0.1, -0.05) is 89.7 Å². The Kier molecular flexibility index (Phi) is 16.6. The van der Waals surface area contributed by atoms with Gasteiger partial charge < -0.3 is 10.1 Å². The Morgan fingerprint density at radius 1 is 0.862 bits per heavy atom. The number of ether oxygens (including phenoxy) is 1. The zero-order valence-electron chi connectivity index (χ0n) is 18.9. The molecule has 1 aliphatic heterocycles. The van der Waals surface area contributed by atoms with Crippen LogP contribution < -0.4 is 5.32 Å². The summed E-state index contributed by atoms with van der Waals surface area (Å²) in [6.07, 6.45) is 26.4. The number of rotatable bonds is 19. The lowest BCUT2D eigenvalue weighted by Crippen LogP contribution is -2.34. The van der Waals surface area contributed by atoms with Crippen molar-refractivity contribution in [3.05, 3.63) is 12.2 Å². The van der Waals surface area contributed by atoms with Crippen LogP contribution in [0, 0.1) is 0 Å². The normalized spacial score (nSPS) is 16.4. The molecule has 1 N–H and O–H groups in total. The van der Waals surface area contributed by atoms with Gasteiger partial charge in [-0.3, -0.25) is 4.79 Å². The average Bonchev–Trinajstić information content (AvgIpc) is 3.16. The van der Waals surface area contributed by atoms with Crippen molar-refractivity contribution in [3.8, 4) is 0 Å². The van der Waals surface area contributed by atoms with Gasteiger partial charge in [-0.25, -0.2) is 4.79 Å². The molecular weight excluding hydrogens is 362 g/mol. The standard InChI is InChI=1S/C25H45NO3/c1-2-3-4-5-6-7-8-9-10-11-12-13-14-15-16-17-18-19-22-29-25(28)23-20-21-24(27)26-23/h11-12,23H,2-10,13-22H2,1H3,(H,26,27)/b12-11+/t23-/m0/s1. The Labute approximate surface area is 179 Å². The van der Waals surface area contributed by atoms with E-state index in [1.807, 2.05) is 0 Å². The SMILES string of the molecule is CCCCCCCCCC/C=C/CCCCCCCCOC(=O)[C@@H]1CCC(=O)N1. The van der Waals surface area contributed by atoms with Crippen molar-refractivity contribution < 1.29 is 14.3 Å². The van der Waals surface area contributed by atoms with Crippen molar-refractivity contribution >= 4 is 11.9 Å². The molecule has 29 heavy (non-hydrogen) atoms. The topological polar surface area (TPSA) is 55.4 Å². The van der Waals surface area contributed by atoms with Crippen molar-refractivity contribution in [1.82, 2.24) is 5.32 Å². The minimum Gasteiger partial charge on any atom is -0.464 e. The molecule has 168 valence electrons. The van der Waals surface area contributed by atoms with E-state index in [4.69, 9.17) is 4.74 Å². The third kappa shape index (κ3) is 15.2. The monoisotopic (exact) mass is 407 g/mol. The van der Waals surface area contributed by atoms with Gasteiger partial charge in [0, 0.05) is 6.42 Å². The van der Waals surface area contributed by atoms with Gasteiger partial charge in [0.15, 0.2) is 0 Å². The van der Waals surface area contributed by atoms with Crippen LogP contribution in [0.1, 0.15) is 122 Å². The predicted octanol–water partition coefficient (Wildman–Crippen LogP) is 6.63. The Morgan fingerprint density at radius 2 is 1.38 bits per heavy atom. The lowest BCUT2D eigenvalue weighted by Gasteiger charge is -2.09. The maximum atomic E-state index is 11.7. The van der Waals surface area contributed by atoms with E-state index in [1.165, 1.54) is 89.9 Å². The van der Waals surface area contributed by atoms with Gasteiger partial charge in [0.05, 0.1) is 6.61 Å². The third-order valence-electron chi connectivity index (χ3n) is 5.68. The van der Waals surface area contributed by atoms with Crippen LogP contribution >= 0.6 is 0 Å². The van der Waals surface area contributed by atoms with Gasteiger partial charge in [-0.2, -0.15) is 0 Å². The molecular formula is C25H45NO3. The van der Waals surface area contributed by atoms with Crippen molar-refractivity contribution in [2.45, 2.75) is 129 Å². The first kappa shape index (κ1) is 25.7. The molecule has 1 saturated heterocycles. The van der Waals surface area contributed by atoms with Gasteiger partial charge in [0.1, 0.15) is 6.04 Å². The minimum absolute atomic E-state index is 0.0463. The summed E-state index contributed by atoms with van der Waals surface area (Å²) in [7, 11) is 0. The summed E-state index contributed by atoms with van der Waals surface area (Å²) < 4.78 is 5.24. The van der Waals surface area contributed by atoms with Crippen LogP contribution in [0.25, 0.3) is 0 Å². The maximum Gasteiger partial charge on any atom is 0.328 e. The number of hydrogen-bond donors (Lipinski definition) is 1. The molecule has 0 aromatic heterocycles. The van der Waals surface area contributed by atoms with Crippen LogP contribution in [-0.2, 0) is 14.3 Å². The molecule has 0 aliphatic carbocycles. The van der Waals surface area contributed by atoms with Gasteiger partial charge in [0.25, 0.3) is 0 Å². The second kappa shape index (κ2) is 18.7. The van der Waals surface area contributed by atoms with E-state index in [-0.39, 0.29) is 11.9 Å². The van der Waals surface area contributed by atoms with Crippen LogP contribution in [-0.4, -0.2) is 24.5 Å². The molecule has 1 heterocycles. The summed E-state index contributed by atoms with van der Waals surface area (Å²) in [6, 6.07) is -0.411. The molecule has 1 amide bonds. The van der Waals surface area contributed by atoms with Crippen LogP contribution in [0.4, 0.5) is 0 Å². The summed E-state index contributed by atoms with van der Waals surface area (Å²) in [6.45, 7) is 2.75. The van der Waals surface area contributed by atoms with Gasteiger partial charge in [-0.15, -0.1) is 0 Å². The highest BCUT2D eigenvalue weighted by Gasteiger charge is 2.28. The number of unbranched alkanes of at least 4 members (excludes halogenated alkanes) is 14. The Bertz CT molecular complexity index is 447. The van der Waals surface area contributed by atoms with Crippen LogP contribution in [0.2, 0.25) is 0 Å². The summed E-state index contributed by atoms with van der Waals surface area (Å²) in [5, 5.41) is 2.65. The smallest absolute Gasteiger partial charge is 0.328 e. The number of carbonyl (C=O) groups is 2. The first-order valence-electron chi connectivity index (χ1n) is 12.3.